The van der Waals surface area contributed by atoms with Gasteiger partial charge in [0.1, 0.15) is 0 Å². The van der Waals surface area contributed by atoms with Gasteiger partial charge in [0.2, 0.25) is 5.91 Å². The highest BCUT2D eigenvalue weighted by Gasteiger charge is 2.30. The van der Waals surface area contributed by atoms with E-state index in [1.165, 1.54) is 0 Å². The van der Waals surface area contributed by atoms with Crippen molar-refractivity contribution in [3.63, 3.8) is 0 Å². The standard InChI is InChI=1S/C12H13N3O3/c16-6-7-3-11(17)15(5-7)8-1-2-10-9(4-8)12(18)14-13-10/h1-2,4,7,16H,3,5-6H2,(H2,13,14,18). The molecule has 1 amide bonds. The van der Waals surface area contributed by atoms with E-state index in [-0.39, 0.29) is 24.0 Å². The number of nitrogens with one attached hydrogen (secondary N) is 2. The minimum absolute atomic E-state index is 0.00915. The number of aromatic amines is 2. The minimum atomic E-state index is -0.197. The molecule has 1 atom stereocenters. The maximum atomic E-state index is 11.8. The number of anilines is 1. The Labute approximate surface area is 102 Å². The van der Waals surface area contributed by atoms with Crippen LogP contribution in [0.3, 0.4) is 0 Å². The molecule has 0 radical (unpaired) electrons. The predicted molar refractivity (Wildman–Crippen MR) is 66.5 cm³/mol. The molecule has 1 aliphatic rings. The lowest BCUT2D eigenvalue weighted by atomic mass is 10.1. The Kier molecular flexibility index (Phi) is 2.45. The summed E-state index contributed by atoms with van der Waals surface area (Å²) in [6.07, 6.45) is 0.359. The highest BCUT2D eigenvalue weighted by atomic mass is 16.3. The molecule has 6 nitrogen and oxygen atoms in total. The molecule has 1 aromatic heterocycles. The molecule has 1 unspecified atom stereocenters. The van der Waals surface area contributed by atoms with Crippen molar-refractivity contribution in [3.8, 4) is 0 Å². The third-order valence-corrected chi connectivity index (χ3v) is 3.33. The number of aliphatic hydroxyl groups excluding tert-OH is 1. The smallest absolute Gasteiger partial charge is 0.271 e. The van der Waals surface area contributed by atoms with E-state index in [0.717, 1.165) is 0 Å². The minimum Gasteiger partial charge on any atom is -0.396 e. The average molecular weight is 247 g/mol. The number of hydrogen-bond acceptors (Lipinski definition) is 3. The first kappa shape index (κ1) is 11.0. The van der Waals surface area contributed by atoms with E-state index < -0.39 is 0 Å². The molecule has 2 aromatic rings. The van der Waals surface area contributed by atoms with E-state index in [1.54, 1.807) is 23.1 Å². The number of aromatic nitrogens is 2. The Morgan fingerprint density at radius 2 is 2.17 bits per heavy atom. The molecule has 1 aromatic carbocycles. The van der Waals surface area contributed by atoms with Gasteiger partial charge in [-0.25, -0.2) is 0 Å². The maximum Gasteiger partial charge on any atom is 0.271 e. The number of carbonyl (C=O) groups excluding carboxylic acids is 1. The van der Waals surface area contributed by atoms with Crippen molar-refractivity contribution in [2.45, 2.75) is 6.42 Å². The molecular weight excluding hydrogens is 234 g/mol. The lowest BCUT2D eigenvalue weighted by Gasteiger charge is -2.16. The van der Waals surface area contributed by atoms with Gasteiger partial charge in [-0.3, -0.25) is 19.8 Å². The van der Waals surface area contributed by atoms with Gasteiger partial charge >= 0.3 is 0 Å². The van der Waals surface area contributed by atoms with E-state index in [2.05, 4.69) is 10.2 Å². The highest BCUT2D eigenvalue weighted by molar-refractivity contribution is 5.97. The summed E-state index contributed by atoms with van der Waals surface area (Å²) in [5.74, 6) is -0.0296. The van der Waals surface area contributed by atoms with Crippen molar-refractivity contribution in [3.05, 3.63) is 28.6 Å². The van der Waals surface area contributed by atoms with Gasteiger partial charge in [-0.2, -0.15) is 0 Å². The lowest BCUT2D eigenvalue weighted by molar-refractivity contribution is -0.117. The van der Waals surface area contributed by atoms with Crippen LogP contribution in [0, 0.1) is 5.92 Å². The molecule has 94 valence electrons. The molecule has 18 heavy (non-hydrogen) atoms. The summed E-state index contributed by atoms with van der Waals surface area (Å²) >= 11 is 0. The number of carbonyl (C=O) groups is 1. The van der Waals surface area contributed by atoms with E-state index in [4.69, 9.17) is 5.11 Å². The van der Waals surface area contributed by atoms with Gasteiger partial charge in [-0.1, -0.05) is 0 Å². The number of nitrogens with zero attached hydrogens (tertiary/aromatic N) is 1. The van der Waals surface area contributed by atoms with Crippen molar-refractivity contribution >= 4 is 22.5 Å². The quantitative estimate of drug-likeness (QED) is 0.708. The van der Waals surface area contributed by atoms with Crippen LogP contribution in [-0.2, 0) is 4.79 Å². The Hall–Kier alpha value is -2.08. The summed E-state index contributed by atoms with van der Waals surface area (Å²) in [4.78, 5) is 25.0. The van der Waals surface area contributed by atoms with Gasteiger partial charge in [-0.15, -0.1) is 0 Å². The molecule has 1 saturated heterocycles. The summed E-state index contributed by atoms with van der Waals surface area (Å²) in [5, 5.41) is 14.9. The SMILES string of the molecule is O=C1CC(CO)CN1c1ccc2[nH][nH]c(=O)c2c1. The number of fused-ring (bicyclic) bond motifs is 1. The molecule has 3 N–H and O–H groups in total. The Balaban J connectivity index is 2.01. The molecule has 6 heteroatoms. The zero-order chi connectivity index (χ0) is 12.7. The molecule has 1 aliphatic heterocycles. The molecule has 3 rings (SSSR count). The number of rotatable bonds is 2. The second-order valence-corrected chi connectivity index (χ2v) is 4.57. The van der Waals surface area contributed by atoms with Crippen LogP contribution in [0.25, 0.3) is 10.9 Å². The summed E-state index contributed by atoms with van der Waals surface area (Å²) in [5.41, 5.74) is 1.22. The van der Waals surface area contributed by atoms with Crippen molar-refractivity contribution in [1.82, 2.24) is 10.2 Å². The van der Waals surface area contributed by atoms with Gasteiger partial charge in [-0.05, 0) is 18.2 Å². The molecule has 0 spiro atoms. The van der Waals surface area contributed by atoms with Crippen molar-refractivity contribution in [2.24, 2.45) is 5.92 Å². The monoisotopic (exact) mass is 247 g/mol. The number of aliphatic hydroxyl groups is 1. The van der Waals surface area contributed by atoms with Crippen LogP contribution in [0.1, 0.15) is 6.42 Å². The summed E-state index contributed by atoms with van der Waals surface area (Å²) in [6.45, 7) is 0.512. The van der Waals surface area contributed by atoms with E-state index in [9.17, 15) is 9.59 Å². The summed E-state index contributed by atoms with van der Waals surface area (Å²) in [7, 11) is 0. The Bertz CT molecular complexity index is 658. The zero-order valence-electron chi connectivity index (χ0n) is 9.64. The molecule has 0 bridgehead atoms. The highest BCUT2D eigenvalue weighted by Crippen LogP contribution is 2.26. The molecule has 1 fully saturated rings. The Morgan fingerprint density at radius 3 is 2.89 bits per heavy atom. The van der Waals surface area contributed by atoms with Gasteiger partial charge in [0, 0.05) is 31.2 Å². The number of H-pyrrole nitrogens is 2. The summed E-state index contributed by atoms with van der Waals surface area (Å²) < 4.78 is 0. The fourth-order valence-electron chi connectivity index (χ4n) is 2.34. The molecule has 0 saturated carbocycles. The van der Waals surface area contributed by atoms with Crippen LogP contribution < -0.4 is 10.5 Å². The van der Waals surface area contributed by atoms with Crippen molar-refractivity contribution in [2.75, 3.05) is 18.1 Å². The third kappa shape index (κ3) is 1.62. The average Bonchev–Trinajstić information content (AvgIpc) is 2.93. The predicted octanol–water partition coefficient (Wildman–Crippen LogP) is 0.201. The molecule has 0 aliphatic carbocycles. The van der Waals surface area contributed by atoms with E-state index in [0.29, 0.717) is 29.6 Å². The fraction of sp³-hybridized carbons (Fsp3) is 0.333. The van der Waals surface area contributed by atoms with Crippen molar-refractivity contribution in [1.29, 1.82) is 0 Å². The fourth-order valence-corrected chi connectivity index (χ4v) is 2.34. The van der Waals surface area contributed by atoms with E-state index in [1.807, 2.05) is 0 Å². The maximum absolute atomic E-state index is 11.8. The second-order valence-electron chi connectivity index (χ2n) is 4.57. The summed E-state index contributed by atoms with van der Waals surface area (Å²) in [6, 6.07) is 5.26. The van der Waals surface area contributed by atoms with E-state index >= 15 is 0 Å². The largest absolute Gasteiger partial charge is 0.396 e. The van der Waals surface area contributed by atoms with Crippen LogP contribution in [0.2, 0.25) is 0 Å². The lowest BCUT2D eigenvalue weighted by Crippen LogP contribution is -2.24. The molecule has 2 heterocycles. The first-order valence-corrected chi connectivity index (χ1v) is 5.80. The van der Waals surface area contributed by atoms with Crippen molar-refractivity contribution < 1.29 is 9.90 Å². The van der Waals surface area contributed by atoms with Gasteiger partial charge in [0.25, 0.3) is 5.56 Å². The number of amides is 1. The Morgan fingerprint density at radius 1 is 1.33 bits per heavy atom. The van der Waals surface area contributed by atoms with Crippen LogP contribution in [0.4, 0.5) is 5.69 Å². The number of hydrogen-bond donors (Lipinski definition) is 3. The van der Waals surface area contributed by atoms with Gasteiger partial charge in [0.15, 0.2) is 0 Å². The van der Waals surface area contributed by atoms with Gasteiger partial charge < -0.3 is 10.0 Å². The van der Waals surface area contributed by atoms with Gasteiger partial charge in [0.05, 0.1) is 10.9 Å². The van der Waals surface area contributed by atoms with Crippen LogP contribution in [0.15, 0.2) is 23.0 Å². The first-order chi connectivity index (χ1) is 8.69. The second kappa shape index (κ2) is 3.99. The van der Waals surface area contributed by atoms with Crippen LogP contribution in [-0.4, -0.2) is 34.4 Å². The topological polar surface area (TPSA) is 89.2 Å². The molecular formula is C12H13N3O3. The number of benzene rings is 1. The van der Waals surface area contributed by atoms with Crippen LogP contribution >= 0.6 is 0 Å². The normalized spacial score (nSPS) is 19.9. The zero-order valence-corrected chi connectivity index (χ0v) is 9.64. The first-order valence-electron chi connectivity index (χ1n) is 5.80. The third-order valence-electron chi connectivity index (χ3n) is 3.33. The van der Waals surface area contributed by atoms with Crippen LogP contribution in [0.5, 0.6) is 0 Å².